The Balaban J connectivity index is 1.96. The zero-order chi connectivity index (χ0) is 16.2. The van der Waals surface area contributed by atoms with Gasteiger partial charge < -0.3 is 19.9 Å². The molecule has 1 aliphatic rings. The summed E-state index contributed by atoms with van der Waals surface area (Å²) in [7, 11) is 3.89. The van der Waals surface area contributed by atoms with E-state index in [0.29, 0.717) is 26.2 Å². The monoisotopic (exact) mass is 306 g/mol. The minimum absolute atomic E-state index is 0.0449. The van der Waals surface area contributed by atoms with Crippen molar-refractivity contribution in [1.82, 2.24) is 15.2 Å². The van der Waals surface area contributed by atoms with E-state index < -0.39 is 0 Å². The lowest BCUT2D eigenvalue weighted by Crippen LogP contribution is -2.54. The minimum atomic E-state index is -0.237. The Morgan fingerprint density at radius 1 is 1.55 bits per heavy atom. The second kappa shape index (κ2) is 6.96. The first-order valence-corrected chi connectivity index (χ1v) is 7.73. The van der Waals surface area contributed by atoms with Gasteiger partial charge >= 0.3 is 6.03 Å². The van der Waals surface area contributed by atoms with Crippen molar-refractivity contribution in [2.45, 2.75) is 32.4 Å². The molecule has 2 heterocycles. The number of hydrogen-bond donors (Lipinski definition) is 1. The fourth-order valence-corrected chi connectivity index (χ4v) is 2.57. The predicted molar refractivity (Wildman–Crippen MR) is 87.0 cm³/mol. The average molecular weight is 306 g/mol. The van der Waals surface area contributed by atoms with Gasteiger partial charge in [-0.2, -0.15) is 0 Å². The van der Waals surface area contributed by atoms with Crippen molar-refractivity contribution in [3.63, 3.8) is 0 Å². The van der Waals surface area contributed by atoms with Crippen LogP contribution in [-0.2, 0) is 11.3 Å². The first-order chi connectivity index (χ1) is 10.4. The Morgan fingerprint density at radius 3 is 3.00 bits per heavy atom. The number of anilines is 1. The molecule has 1 aliphatic heterocycles. The topological polar surface area (TPSA) is 57.7 Å². The van der Waals surface area contributed by atoms with Crippen LogP contribution in [0.5, 0.6) is 0 Å². The van der Waals surface area contributed by atoms with Gasteiger partial charge in [0.05, 0.1) is 18.8 Å². The molecule has 1 saturated heterocycles. The molecule has 1 N–H and O–H groups in total. The Bertz CT molecular complexity index is 521. The van der Waals surface area contributed by atoms with Crippen LogP contribution < -0.4 is 10.2 Å². The smallest absolute Gasteiger partial charge is 0.317 e. The number of ether oxygens (including phenoxy) is 1. The van der Waals surface area contributed by atoms with Crippen LogP contribution in [0.4, 0.5) is 10.6 Å². The molecule has 0 spiro atoms. The lowest BCUT2D eigenvalue weighted by atomic mass is 10.0. The number of rotatable bonds is 4. The lowest BCUT2D eigenvalue weighted by molar-refractivity contribution is -0.0872. The maximum atomic E-state index is 12.4. The highest BCUT2D eigenvalue weighted by Gasteiger charge is 2.32. The first-order valence-electron chi connectivity index (χ1n) is 7.73. The summed E-state index contributed by atoms with van der Waals surface area (Å²) in [4.78, 5) is 20.5. The summed E-state index contributed by atoms with van der Waals surface area (Å²) in [6.45, 7) is 6.46. The largest absolute Gasteiger partial charge is 0.372 e. The van der Waals surface area contributed by atoms with Crippen molar-refractivity contribution in [2.75, 3.05) is 38.7 Å². The number of urea groups is 1. The Morgan fingerprint density at radius 2 is 2.32 bits per heavy atom. The number of aromatic nitrogens is 1. The van der Waals surface area contributed by atoms with Gasteiger partial charge in [-0.15, -0.1) is 0 Å². The van der Waals surface area contributed by atoms with E-state index in [0.717, 1.165) is 17.8 Å². The van der Waals surface area contributed by atoms with Gasteiger partial charge in [0.1, 0.15) is 5.82 Å². The van der Waals surface area contributed by atoms with Crippen molar-refractivity contribution >= 4 is 11.8 Å². The third-order valence-electron chi connectivity index (χ3n) is 4.09. The molecule has 1 aromatic rings. The number of carbonyl (C=O) groups is 1. The normalized spacial score (nSPS) is 21.5. The van der Waals surface area contributed by atoms with Gasteiger partial charge in [0.2, 0.25) is 0 Å². The Labute approximate surface area is 132 Å². The Hall–Kier alpha value is -1.82. The summed E-state index contributed by atoms with van der Waals surface area (Å²) < 4.78 is 5.77. The van der Waals surface area contributed by atoms with Gasteiger partial charge in [-0.1, -0.05) is 13.0 Å². The van der Waals surface area contributed by atoms with E-state index in [9.17, 15) is 4.79 Å². The van der Waals surface area contributed by atoms with E-state index in [1.54, 1.807) is 6.20 Å². The molecule has 0 saturated carbocycles. The summed E-state index contributed by atoms with van der Waals surface area (Å²) in [6.07, 6.45) is 2.65. The molecule has 0 bridgehead atoms. The van der Waals surface area contributed by atoms with Gasteiger partial charge in [0.25, 0.3) is 0 Å². The third kappa shape index (κ3) is 3.88. The summed E-state index contributed by atoms with van der Waals surface area (Å²) in [5, 5.41) is 2.99. The van der Waals surface area contributed by atoms with Crippen LogP contribution in [0.1, 0.15) is 25.8 Å². The van der Waals surface area contributed by atoms with Gasteiger partial charge in [0.15, 0.2) is 0 Å². The van der Waals surface area contributed by atoms with E-state index in [1.165, 1.54) is 0 Å². The van der Waals surface area contributed by atoms with Crippen molar-refractivity contribution < 1.29 is 9.53 Å². The van der Waals surface area contributed by atoms with Crippen molar-refractivity contribution in [3.05, 3.63) is 23.9 Å². The second-order valence-electron chi connectivity index (χ2n) is 6.11. The minimum Gasteiger partial charge on any atom is -0.372 e. The quantitative estimate of drug-likeness (QED) is 0.922. The molecule has 2 amide bonds. The van der Waals surface area contributed by atoms with E-state index in [-0.39, 0.29) is 11.6 Å². The number of pyridine rings is 1. The van der Waals surface area contributed by atoms with Crippen molar-refractivity contribution in [2.24, 2.45) is 0 Å². The Kier molecular flexibility index (Phi) is 5.24. The summed E-state index contributed by atoms with van der Waals surface area (Å²) in [5.41, 5.74) is 0.769. The summed E-state index contributed by atoms with van der Waals surface area (Å²) in [6, 6.07) is 3.83. The number of morpholine rings is 1. The van der Waals surface area contributed by atoms with Crippen LogP contribution in [-0.4, -0.2) is 55.3 Å². The van der Waals surface area contributed by atoms with Crippen LogP contribution in [0, 0.1) is 0 Å². The van der Waals surface area contributed by atoms with Crippen molar-refractivity contribution in [3.8, 4) is 0 Å². The number of amides is 2. The molecule has 6 heteroatoms. The second-order valence-corrected chi connectivity index (χ2v) is 6.11. The summed E-state index contributed by atoms with van der Waals surface area (Å²) >= 11 is 0. The molecule has 1 atom stereocenters. The molecular weight excluding hydrogens is 280 g/mol. The highest BCUT2D eigenvalue weighted by Crippen LogP contribution is 2.21. The molecule has 1 unspecified atom stereocenters. The maximum absolute atomic E-state index is 12.4. The van der Waals surface area contributed by atoms with Crippen LogP contribution in [0.2, 0.25) is 0 Å². The van der Waals surface area contributed by atoms with Gasteiger partial charge in [-0.25, -0.2) is 9.78 Å². The molecule has 6 nitrogen and oxygen atoms in total. The highest BCUT2D eigenvalue weighted by molar-refractivity contribution is 5.74. The van der Waals surface area contributed by atoms with Crippen LogP contribution in [0.15, 0.2) is 18.3 Å². The van der Waals surface area contributed by atoms with Gasteiger partial charge in [-0.3, -0.25) is 0 Å². The van der Waals surface area contributed by atoms with Crippen molar-refractivity contribution in [1.29, 1.82) is 0 Å². The van der Waals surface area contributed by atoms with E-state index >= 15 is 0 Å². The standard InChI is InChI=1S/C16H26N4O2/c1-5-16(2)12-20(9-10-22-16)15(21)18-11-13-7-6-8-17-14(13)19(3)4/h6-8H,5,9-12H2,1-4H3,(H,18,21). The zero-order valence-corrected chi connectivity index (χ0v) is 13.9. The molecule has 1 fully saturated rings. The van der Waals surface area contributed by atoms with Gasteiger partial charge in [-0.05, 0) is 19.4 Å². The lowest BCUT2D eigenvalue weighted by Gasteiger charge is -2.40. The van der Waals surface area contributed by atoms with E-state index in [2.05, 4.69) is 24.1 Å². The molecule has 22 heavy (non-hydrogen) atoms. The fraction of sp³-hybridized carbons (Fsp3) is 0.625. The SMILES string of the molecule is CCC1(C)CN(C(=O)NCc2cccnc2N(C)C)CCO1. The maximum Gasteiger partial charge on any atom is 0.317 e. The number of carbonyl (C=O) groups excluding carboxylic acids is 1. The van der Waals surface area contributed by atoms with E-state index in [1.807, 2.05) is 36.0 Å². The average Bonchev–Trinajstić information content (AvgIpc) is 2.52. The molecule has 0 radical (unpaired) electrons. The molecular formula is C16H26N4O2. The van der Waals surface area contributed by atoms with Gasteiger partial charge in [0, 0.05) is 38.9 Å². The zero-order valence-electron chi connectivity index (χ0n) is 13.9. The van der Waals surface area contributed by atoms with Crippen LogP contribution in [0.25, 0.3) is 0 Å². The van der Waals surface area contributed by atoms with Crippen LogP contribution in [0.3, 0.4) is 0 Å². The molecule has 122 valence electrons. The molecule has 2 rings (SSSR count). The highest BCUT2D eigenvalue weighted by atomic mass is 16.5. The van der Waals surface area contributed by atoms with Crippen LogP contribution >= 0.6 is 0 Å². The summed E-state index contributed by atoms with van der Waals surface area (Å²) in [5.74, 6) is 0.878. The van der Waals surface area contributed by atoms with E-state index in [4.69, 9.17) is 4.74 Å². The number of nitrogens with zero attached hydrogens (tertiary/aromatic N) is 3. The number of nitrogens with one attached hydrogen (secondary N) is 1. The molecule has 0 aromatic carbocycles. The number of hydrogen-bond acceptors (Lipinski definition) is 4. The molecule has 1 aromatic heterocycles. The third-order valence-corrected chi connectivity index (χ3v) is 4.09. The molecule has 0 aliphatic carbocycles. The first kappa shape index (κ1) is 16.5. The predicted octanol–water partition coefficient (Wildman–Crippen LogP) is 1.86. The fourth-order valence-electron chi connectivity index (χ4n) is 2.57.